The van der Waals surface area contributed by atoms with E-state index in [1.807, 2.05) is 23.1 Å². The number of hydrogen-bond donors (Lipinski definition) is 1. The predicted octanol–water partition coefficient (Wildman–Crippen LogP) is 1.79. The van der Waals surface area contributed by atoms with Crippen molar-refractivity contribution in [3.05, 3.63) is 34.9 Å². The van der Waals surface area contributed by atoms with Crippen LogP contribution in [0.3, 0.4) is 0 Å². The molecule has 0 aromatic heterocycles. The summed E-state index contributed by atoms with van der Waals surface area (Å²) in [6.45, 7) is 1.77. The van der Waals surface area contributed by atoms with Crippen LogP contribution in [0.5, 0.6) is 0 Å². The van der Waals surface area contributed by atoms with Crippen LogP contribution in [-0.2, 0) is 11.3 Å². The first-order valence-electron chi connectivity index (χ1n) is 6.26. The lowest BCUT2D eigenvalue weighted by Gasteiger charge is -2.20. The Balaban J connectivity index is 2.33. The molecule has 0 aliphatic heterocycles. The number of halogens is 1. The Morgan fingerprint density at radius 2 is 1.90 bits per heavy atom. The first-order chi connectivity index (χ1) is 9.67. The van der Waals surface area contributed by atoms with Crippen LogP contribution in [0.2, 0.25) is 5.02 Å². The van der Waals surface area contributed by atoms with E-state index in [2.05, 4.69) is 11.8 Å². The van der Waals surface area contributed by atoms with Crippen molar-refractivity contribution in [1.82, 2.24) is 4.90 Å². The monoisotopic (exact) mass is 291 g/mol. The summed E-state index contributed by atoms with van der Waals surface area (Å²) in [7, 11) is 0. The molecule has 106 valence electrons. The zero-order valence-electron chi connectivity index (χ0n) is 11.3. The molecule has 0 heterocycles. The molecule has 1 aromatic rings. The van der Waals surface area contributed by atoms with Gasteiger partial charge >= 0.3 is 0 Å². The van der Waals surface area contributed by atoms with Gasteiger partial charge in [0.25, 0.3) is 0 Å². The van der Waals surface area contributed by atoms with Crippen LogP contribution < -0.4 is 0 Å². The second-order valence-electron chi connectivity index (χ2n) is 4.34. The van der Waals surface area contributed by atoms with Crippen LogP contribution >= 0.6 is 11.6 Å². The summed E-state index contributed by atoms with van der Waals surface area (Å²) in [5.74, 6) is 5.02. The molecule has 1 N–H and O–H groups in total. The Bertz CT molecular complexity index is 474. The fourth-order valence-electron chi connectivity index (χ4n) is 1.71. The van der Waals surface area contributed by atoms with Gasteiger partial charge in [-0.3, -0.25) is 4.90 Å². The molecule has 0 saturated carbocycles. The minimum Gasteiger partial charge on any atom is -0.389 e. The van der Waals surface area contributed by atoms with Crippen molar-refractivity contribution in [1.29, 1.82) is 0 Å². The quantitative estimate of drug-likeness (QED) is 0.741. The number of terminal acetylenes is 2. The number of hydrogen-bond acceptors (Lipinski definition) is 3. The Morgan fingerprint density at radius 3 is 2.50 bits per heavy atom. The number of aliphatic hydroxyl groups is 1. The molecular formula is C16H18ClNO2. The number of aliphatic hydroxyl groups excluding tert-OH is 1. The Hall–Kier alpha value is -1.49. The van der Waals surface area contributed by atoms with Crippen molar-refractivity contribution in [2.24, 2.45) is 0 Å². The van der Waals surface area contributed by atoms with Gasteiger partial charge in [0.2, 0.25) is 0 Å². The highest BCUT2D eigenvalue weighted by molar-refractivity contribution is 6.31. The van der Waals surface area contributed by atoms with E-state index in [1.165, 1.54) is 0 Å². The van der Waals surface area contributed by atoms with Crippen molar-refractivity contribution in [3.8, 4) is 24.7 Å². The van der Waals surface area contributed by atoms with Crippen molar-refractivity contribution < 1.29 is 9.84 Å². The maximum atomic E-state index is 9.88. The van der Waals surface area contributed by atoms with Crippen LogP contribution in [0.4, 0.5) is 0 Å². The van der Waals surface area contributed by atoms with E-state index in [-0.39, 0.29) is 6.61 Å². The maximum absolute atomic E-state index is 9.88. The highest BCUT2D eigenvalue weighted by atomic mass is 35.5. The third-order valence-electron chi connectivity index (χ3n) is 2.62. The second-order valence-corrected chi connectivity index (χ2v) is 4.75. The molecule has 1 atom stereocenters. The summed E-state index contributed by atoms with van der Waals surface area (Å²) in [4.78, 5) is 1.81. The summed E-state index contributed by atoms with van der Waals surface area (Å²) in [5, 5.41) is 10.5. The van der Waals surface area contributed by atoms with Gasteiger partial charge < -0.3 is 9.84 Å². The summed E-state index contributed by atoms with van der Waals surface area (Å²) in [6.07, 6.45) is 9.84. The molecule has 4 heteroatoms. The van der Waals surface area contributed by atoms with Gasteiger partial charge in [-0.1, -0.05) is 41.6 Å². The lowest BCUT2D eigenvalue weighted by molar-refractivity contribution is 0.0137. The van der Waals surface area contributed by atoms with Crippen molar-refractivity contribution in [2.45, 2.75) is 12.7 Å². The molecule has 0 aliphatic carbocycles. The Morgan fingerprint density at radius 1 is 1.25 bits per heavy atom. The number of nitrogens with zero attached hydrogens (tertiary/aromatic N) is 1. The zero-order valence-corrected chi connectivity index (χ0v) is 12.0. The van der Waals surface area contributed by atoms with Crippen LogP contribution in [-0.4, -0.2) is 42.4 Å². The SMILES string of the molecule is C#CCN(CC#C)CC(O)COCc1ccccc1Cl. The zero-order chi connectivity index (χ0) is 14.8. The first kappa shape index (κ1) is 16.6. The molecule has 0 fully saturated rings. The number of ether oxygens (including phenoxy) is 1. The van der Waals surface area contributed by atoms with Crippen LogP contribution in [0.15, 0.2) is 24.3 Å². The van der Waals surface area contributed by atoms with Gasteiger partial charge in [-0.05, 0) is 11.6 Å². The van der Waals surface area contributed by atoms with E-state index in [1.54, 1.807) is 6.07 Å². The van der Waals surface area contributed by atoms with Gasteiger partial charge in [0.15, 0.2) is 0 Å². The molecule has 0 saturated heterocycles. The molecular weight excluding hydrogens is 274 g/mol. The first-order valence-corrected chi connectivity index (χ1v) is 6.63. The molecule has 1 rings (SSSR count). The Kier molecular flexibility index (Phi) is 7.80. The van der Waals surface area contributed by atoms with E-state index in [0.717, 1.165) is 5.56 Å². The Labute approximate surface area is 125 Å². The van der Waals surface area contributed by atoms with E-state index in [4.69, 9.17) is 29.2 Å². The fraction of sp³-hybridized carbons (Fsp3) is 0.375. The maximum Gasteiger partial charge on any atom is 0.0901 e. The fourth-order valence-corrected chi connectivity index (χ4v) is 1.90. The van der Waals surface area contributed by atoms with Crippen LogP contribution in [0.1, 0.15) is 5.56 Å². The van der Waals surface area contributed by atoms with Gasteiger partial charge in [0.05, 0.1) is 32.4 Å². The largest absolute Gasteiger partial charge is 0.389 e. The lowest BCUT2D eigenvalue weighted by atomic mass is 10.2. The topological polar surface area (TPSA) is 32.7 Å². The van der Waals surface area contributed by atoms with Crippen molar-refractivity contribution in [2.75, 3.05) is 26.2 Å². The summed E-state index contributed by atoms with van der Waals surface area (Å²) < 4.78 is 5.46. The van der Waals surface area contributed by atoms with Gasteiger partial charge in [0, 0.05) is 11.6 Å². The van der Waals surface area contributed by atoms with E-state index in [9.17, 15) is 5.11 Å². The average Bonchev–Trinajstić information content (AvgIpc) is 2.41. The molecule has 1 unspecified atom stereocenters. The lowest BCUT2D eigenvalue weighted by Crippen LogP contribution is -2.35. The van der Waals surface area contributed by atoms with E-state index < -0.39 is 6.10 Å². The molecule has 0 amide bonds. The molecule has 1 aromatic carbocycles. The molecule has 3 nitrogen and oxygen atoms in total. The third kappa shape index (κ3) is 6.10. The summed E-state index contributed by atoms with van der Waals surface area (Å²) in [6, 6.07) is 7.44. The molecule has 20 heavy (non-hydrogen) atoms. The highest BCUT2D eigenvalue weighted by Gasteiger charge is 2.10. The average molecular weight is 292 g/mol. The van der Waals surface area contributed by atoms with Crippen LogP contribution in [0.25, 0.3) is 0 Å². The highest BCUT2D eigenvalue weighted by Crippen LogP contribution is 2.15. The molecule has 0 bridgehead atoms. The normalized spacial score (nSPS) is 11.8. The minimum absolute atomic E-state index is 0.205. The summed E-state index contributed by atoms with van der Waals surface area (Å²) in [5.41, 5.74) is 0.894. The van der Waals surface area contributed by atoms with Gasteiger partial charge in [-0.2, -0.15) is 0 Å². The van der Waals surface area contributed by atoms with Crippen LogP contribution in [0, 0.1) is 24.7 Å². The second kappa shape index (κ2) is 9.42. The molecule has 0 radical (unpaired) electrons. The predicted molar refractivity (Wildman–Crippen MR) is 81.2 cm³/mol. The standard InChI is InChI=1S/C16H18ClNO2/c1-3-9-18(10-4-2)11-15(19)13-20-12-14-7-5-6-8-16(14)17/h1-2,5-8,15,19H,9-13H2. The smallest absolute Gasteiger partial charge is 0.0901 e. The minimum atomic E-state index is -0.640. The van der Waals surface area contributed by atoms with Gasteiger partial charge in [0.1, 0.15) is 0 Å². The summed E-state index contributed by atoms with van der Waals surface area (Å²) >= 11 is 6.01. The number of benzene rings is 1. The van der Waals surface area contributed by atoms with Gasteiger partial charge in [-0.15, -0.1) is 12.8 Å². The van der Waals surface area contributed by atoms with Crippen molar-refractivity contribution in [3.63, 3.8) is 0 Å². The van der Waals surface area contributed by atoms with Gasteiger partial charge in [-0.25, -0.2) is 0 Å². The van der Waals surface area contributed by atoms with Crippen molar-refractivity contribution >= 4 is 11.6 Å². The van der Waals surface area contributed by atoms with E-state index in [0.29, 0.717) is 31.3 Å². The third-order valence-corrected chi connectivity index (χ3v) is 2.99. The molecule has 0 aliphatic rings. The molecule has 0 spiro atoms. The number of rotatable bonds is 8. The van der Waals surface area contributed by atoms with E-state index >= 15 is 0 Å².